The fourth-order valence-corrected chi connectivity index (χ4v) is 2.60. The molecule has 0 aliphatic carbocycles. The van der Waals surface area contributed by atoms with E-state index in [1.807, 2.05) is 26.0 Å². The summed E-state index contributed by atoms with van der Waals surface area (Å²) in [4.78, 5) is 12.2. The summed E-state index contributed by atoms with van der Waals surface area (Å²) in [5.74, 6) is 0.596. The molecular weight excluding hydrogens is 340 g/mol. The number of hydrogen-bond donors (Lipinski definition) is 1. The fraction of sp³-hybridized carbons (Fsp3) is 0.438. The minimum Gasteiger partial charge on any atom is -0.497 e. The number of tetrazole rings is 1. The van der Waals surface area contributed by atoms with Crippen LogP contribution in [0.25, 0.3) is 5.69 Å². The van der Waals surface area contributed by atoms with E-state index >= 15 is 0 Å². The molecule has 0 unspecified atom stereocenters. The monoisotopic (exact) mass is 360 g/mol. The molecule has 9 heteroatoms. The minimum atomic E-state index is -0.903. The van der Waals surface area contributed by atoms with Gasteiger partial charge >= 0.3 is 0 Å². The van der Waals surface area contributed by atoms with Crippen molar-refractivity contribution >= 4 is 17.7 Å². The maximum atomic E-state index is 12.2. The number of amides is 1. The van der Waals surface area contributed by atoms with Crippen LogP contribution in [-0.2, 0) is 4.79 Å². The normalized spacial score (nSPS) is 13.1. The molecule has 0 bridgehead atoms. The summed E-state index contributed by atoms with van der Waals surface area (Å²) in [5.41, 5.74) is -0.141. The Morgan fingerprint density at radius 1 is 1.44 bits per heavy atom. The van der Waals surface area contributed by atoms with Gasteiger partial charge in [-0.1, -0.05) is 25.6 Å². The zero-order valence-corrected chi connectivity index (χ0v) is 15.4. The van der Waals surface area contributed by atoms with E-state index in [-0.39, 0.29) is 17.6 Å². The van der Waals surface area contributed by atoms with Crippen LogP contribution >= 0.6 is 11.8 Å². The second-order valence-electron chi connectivity index (χ2n) is 5.88. The van der Waals surface area contributed by atoms with Crippen molar-refractivity contribution in [3.63, 3.8) is 0 Å². The number of nitrogens with zero attached hydrogens (tertiary/aromatic N) is 5. The van der Waals surface area contributed by atoms with Crippen LogP contribution in [0.3, 0.4) is 0 Å². The first-order valence-electron chi connectivity index (χ1n) is 7.67. The van der Waals surface area contributed by atoms with E-state index in [4.69, 9.17) is 4.74 Å². The molecule has 2 rings (SSSR count). The van der Waals surface area contributed by atoms with Crippen molar-refractivity contribution in [1.29, 1.82) is 5.26 Å². The molecule has 0 spiro atoms. The molecule has 0 saturated heterocycles. The number of hydrogen-bond acceptors (Lipinski definition) is 7. The molecule has 1 heterocycles. The van der Waals surface area contributed by atoms with E-state index in [1.165, 1.54) is 11.8 Å². The van der Waals surface area contributed by atoms with Gasteiger partial charge in [-0.25, -0.2) is 0 Å². The molecule has 0 aliphatic rings. The second kappa shape index (κ2) is 7.98. The molecule has 0 aliphatic heterocycles. The molecule has 0 fully saturated rings. The second-order valence-corrected chi connectivity index (χ2v) is 6.82. The van der Waals surface area contributed by atoms with Gasteiger partial charge in [0, 0.05) is 0 Å². The maximum absolute atomic E-state index is 12.2. The highest BCUT2D eigenvalue weighted by molar-refractivity contribution is 7.99. The summed E-state index contributed by atoms with van der Waals surface area (Å²) in [5, 5.41) is 24.1. The molecule has 1 atom stereocenters. The van der Waals surface area contributed by atoms with Gasteiger partial charge in [0.25, 0.3) is 0 Å². The molecular formula is C16H20N6O2S. The van der Waals surface area contributed by atoms with Crippen molar-refractivity contribution in [3.8, 4) is 17.5 Å². The average Bonchev–Trinajstić information content (AvgIpc) is 3.08. The number of ether oxygens (including phenoxy) is 1. The largest absolute Gasteiger partial charge is 0.497 e. The minimum absolute atomic E-state index is 0.00364. The third-order valence-corrected chi connectivity index (χ3v) is 4.80. The van der Waals surface area contributed by atoms with Crippen molar-refractivity contribution in [2.75, 3.05) is 12.9 Å². The van der Waals surface area contributed by atoms with Crippen LogP contribution in [0.15, 0.2) is 29.4 Å². The van der Waals surface area contributed by atoms with E-state index in [1.54, 1.807) is 30.8 Å². The quantitative estimate of drug-likeness (QED) is 0.751. The number of benzene rings is 1. The highest BCUT2D eigenvalue weighted by Crippen LogP contribution is 2.21. The summed E-state index contributed by atoms with van der Waals surface area (Å²) in [6, 6.07) is 9.41. The molecule has 1 amide bonds. The SMILES string of the molecule is COc1ccc(-n2nnnc2SCC(=O)N[C@@](C)(C#N)C(C)C)cc1. The number of thioether (sulfide) groups is 1. The van der Waals surface area contributed by atoms with Crippen molar-refractivity contribution in [2.45, 2.75) is 31.5 Å². The summed E-state index contributed by atoms with van der Waals surface area (Å²) in [6.45, 7) is 5.49. The number of aromatic nitrogens is 4. The number of carbonyl (C=O) groups is 1. The summed E-state index contributed by atoms with van der Waals surface area (Å²) >= 11 is 1.20. The Morgan fingerprint density at radius 3 is 2.68 bits per heavy atom. The highest BCUT2D eigenvalue weighted by atomic mass is 32.2. The Hall–Kier alpha value is -2.60. The summed E-state index contributed by atoms with van der Waals surface area (Å²) < 4.78 is 6.67. The van der Waals surface area contributed by atoms with Crippen LogP contribution in [-0.4, -0.2) is 44.5 Å². The molecule has 0 radical (unpaired) electrons. The Bertz CT molecular complexity index is 768. The number of carbonyl (C=O) groups excluding carboxylic acids is 1. The van der Waals surface area contributed by atoms with Gasteiger partial charge in [-0.15, -0.1) is 5.10 Å². The van der Waals surface area contributed by atoms with E-state index in [0.717, 1.165) is 11.4 Å². The van der Waals surface area contributed by atoms with Crippen molar-refractivity contribution in [2.24, 2.45) is 5.92 Å². The third kappa shape index (κ3) is 4.48. The molecule has 1 aromatic heterocycles. The van der Waals surface area contributed by atoms with Gasteiger partial charge in [0.15, 0.2) is 0 Å². The lowest BCUT2D eigenvalue weighted by molar-refractivity contribution is -0.120. The molecule has 25 heavy (non-hydrogen) atoms. The van der Waals surface area contributed by atoms with Gasteiger partial charge in [-0.2, -0.15) is 9.94 Å². The topological polar surface area (TPSA) is 106 Å². The van der Waals surface area contributed by atoms with Gasteiger partial charge < -0.3 is 10.1 Å². The maximum Gasteiger partial charge on any atom is 0.231 e. The van der Waals surface area contributed by atoms with E-state index in [9.17, 15) is 10.1 Å². The molecule has 2 aromatic rings. The number of rotatable bonds is 7. The Labute approximate surface area is 150 Å². The van der Waals surface area contributed by atoms with Crippen LogP contribution < -0.4 is 10.1 Å². The van der Waals surface area contributed by atoms with Crippen molar-refractivity contribution in [3.05, 3.63) is 24.3 Å². The number of nitrogens with one attached hydrogen (secondary N) is 1. The molecule has 132 valence electrons. The highest BCUT2D eigenvalue weighted by Gasteiger charge is 2.30. The lowest BCUT2D eigenvalue weighted by Gasteiger charge is -2.27. The number of nitriles is 1. The van der Waals surface area contributed by atoms with E-state index in [2.05, 4.69) is 26.9 Å². The van der Waals surface area contributed by atoms with Gasteiger partial charge in [0.2, 0.25) is 11.1 Å². The lowest BCUT2D eigenvalue weighted by Crippen LogP contribution is -2.49. The third-order valence-electron chi connectivity index (χ3n) is 3.88. The van der Waals surface area contributed by atoms with Crippen LogP contribution in [0.5, 0.6) is 5.75 Å². The average molecular weight is 360 g/mol. The van der Waals surface area contributed by atoms with E-state index in [0.29, 0.717) is 5.16 Å². The van der Waals surface area contributed by atoms with Gasteiger partial charge in [-0.3, -0.25) is 4.79 Å². The predicted molar refractivity (Wildman–Crippen MR) is 93.4 cm³/mol. The fourth-order valence-electron chi connectivity index (χ4n) is 1.91. The molecule has 8 nitrogen and oxygen atoms in total. The number of methoxy groups -OCH3 is 1. The Balaban J connectivity index is 2.04. The van der Waals surface area contributed by atoms with Crippen molar-refractivity contribution in [1.82, 2.24) is 25.5 Å². The van der Waals surface area contributed by atoms with Gasteiger partial charge in [0.05, 0.1) is 24.6 Å². The molecule has 0 saturated carbocycles. The van der Waals surface area contributed by atoms with Crippen LogP contribution in [0.2, 0.25) is 0 Å². The molecule has 1 N–H and O–H groups in total. The van der Waals surface area contributed by atoms with Crippen LogP contribution in [0.1, 0.15) is 20.8 Å². The zero-order chi connectivity index (χ0) is 18.4. The lowest BCUT2D eigenvalue weighted by atomic mass is 9.90. The van der Waals surface area contributed by atoms with Crippen molar-refractivity contribution < 1.29 is 9.53 Å². The van der Waals surface area contributed by atoms with E-state index < -0.39 is 5.54 Å². The van der Waals surface area contributed by atoms with Gasteiger partial charge in [0.1, 0.15) is 11.3 Å². The molecule has 1 aromatic carbocycles. The first-order chi connectivity index (χ1) is 11.9. The smallest absolute Gasteiger partial charge is 0.231 e. The van der Waals surface area contributed by atoms with Crippen LogP contribution in [0.4, 0.5) is 0 Å². The Kier molecular flexibility index (Phi) is 5.98. The summed E-state index contributed by atoms with van der Waals surface area (Å²) in [6.07, 6.45) is 0. The van der Waals surface area contributed by atoms with Crippen LogP contribution in [0, 0.1) is 17.2 Å². The Morgan fingerprint density at radius 2 is 2.12 bits per heavy atom. The zero-order valence-electron chi connectivity index (χ0n) is 14.6. The summed E-state index contributed by atoms with van der Waals surface area (Å²) in [7, 11) is 1.60. The standard InChI is InChI=1S/C16H20N6O2S/c1-11(2)16(3,10-17)18-14(23)9-25-15-19-20-21-22(15)12-5-7-13(24-4)8-6-12/h5-8,11H,9H2,1-4H3,(H,18,23)/t16-/m0/s1. The predicted octanol–water partition coefficient (Wildman–Crippen LogP) is 1.82. The first-order valence-corrected chi connectivity index (χ1v) is 8.66. The van der Waals surface area contributed by atoms with Gasteiger partial charge in [-0.05, 0) is 47.5 Å². The first kappa shape index (κ1) is 18.7.